The average molecular weight is 288 g/mol. The van der Waals surface area contributed by atoms with Crippen molar-refractivity contribution in [3.05, 3.63) is 17.7 Å². The molecule has 1 aliphatic heterocycles. The van der Waals surface area contributed by atoms with Crippen LogP contribution in [-0.2, 0) is 6.54 Å². The molecule has 0 bridgehead atoms. The normalized spacial score (nSPS) is 17.3. The first-order valence-corrected chi connectivity index (χ1v) is 7.39. The van der Waals surface area contributed by atoms with Crippen molar-refractivity contribution in [2.24, 2.45) is 5.41 Å². The van der Waals surface area contributed by atoms with Gasteiger partial charge in [-0.05, 0) is 25.5 Å². The van der Waals surface area contributed by atoms with Crippen LogP contribution < -0.4 is 19.5 Å². The molecule has 1 fully saturated rings. The van der Waals surface area contributed by atoms with E-state index >= 15 is 0 Å². The van der Waals surface area contributed by atoms with Gasteiger partial charge < -0.3 is 19.5 Å². The summed E-state index contributed by atoms with van der Waals surface area (Å²) in [5, 5.41) is 12.2. The number of ether oxygens (including phenoxy) is 3. The molecule has 1 N–H and O–H groups in total. The molecule has 0 aromatic heterocycles. The summed E-state index contributed by atoms with van der Waals surface area (Å²) in [6, 6.07) is 6.14. The first-order valence-electron chi connectivity index (χ1n) is 7.39. The largest absolute Gasteiger partial charge is 0.492 e. The molecular formula is C16H20N2O3. The second kappa shape index (κ2) is 5.82. The van der Waals surface area contributed by atoms with E-state index in [0.717, 1.165) is 48.7 Å². The molecule has 3 rings (SSSR count). The summed E-state index contributed by atoms with van der Waals surface area (Å²) >= 11 is 0. The SMILES string of the molecule is CCNCc1cc2c(cc1OCC1(CC#N)CC1)OCO2. The van der Waals surface area contributed by atoms with Crippen molar-refractivity contribution in [2.45, 2.75) is 32.7 Å². The summed E-state index contributed by atoms with van der Waals surface area (Å²) in [5.41, 5.74) is 1.13. The van der Waals surface area contributed by atoms with Gasteiger partial charge in [0, 0.05) is 30.0 Å². The molecule has 2 aliphatic rings. The summed E-state index contributed by atoms with van der Waals surface area (Å²) in [5.74, 6) is 2.33. The molecular weight excluding hydrogens is 268 g/mol. The van der Waals surface area contributed by atoms with E-state index in [4.69, 9.17) is 19.5 Å². The Bertz CT molecular complexity index is 561. The lowest BCUT2D eigenvalue weighted by molar-refractivity contribution is 0.173. The van der Waals surface area contributed by atoms with Crippen LogP contribution in [-0.4, -0.2) is 19.9 Å². The van der Waals surface area contributed by atoms with E-state index in [9.17, 15) is 0 Å². The second-order valence-electron chi connectivity index (χ2n) is 5.72. The number of nitriles is 1. The van der Waals surface area contributed by atoms with Crippen LogP contribution in [0.5, 0.6) is 17.2 Å². The fraction of sp³-hybridized carbons (Fsp3) is 0.562. The zero-order valence-electron chi connectivity index (χ0n) is 12.3. The van der Waals surface area contributed by atoms with Crippen LogP contribution in [0.2, 0.25) is 0 Å². The first-order chi connectivity index (χ1) is 10.3. The maximum atomic E-state index is 8.88. The van der Waals surface area contributed by atoms with Gasteiger partial charge in [0.05, 0.1) is 12.7 Å². The zero-order valence-corrected chi connectivity index (χ0v) is 12.3. The second-order valence-corrected chi connectivity index (χ2v) is 5.72. The Hall–Kier alpha value is -1.93. The maximum Gasteiger partial charge on any atom is 0.231 e. The topological polar surface area (TPSA) is 63.5 Å². The highest BCUT2D eigenvalue weighted by Crippen LogP contribution is 2.49. The summed E-state index contributed by atoms with van der Waals surface area (Å²) in [6.45, 7) is 4.55. The third-order valence-electron chi connectivity index (χ3n) is 4.07. The van der Waals surface area contributed by atoms with Gasteiger partial charge in [0.15, 0.2) is 11.5 Å². The van der Waals surface area contributed by atoms with Gasteiger partial charge >= 0.3 is 0 Å². The molecule has 0 unspecified atom stereocenters. The lowest BCUT2D eigenvalue weighted by Gasteiger charge is -2.16. The van der Waals surface area contributed by atoms with E-state index in [2.05, 4.69) is 18.3 Å². The summed E-state index contributed by atoms with van der Waals surface area (Å²) < 4.78 is 16.9. The summed E-state index contributed by atoms with van der Waals surface area (Å²) in [7, 11) is 0. The first kappa shape index (κ1) is 14.0. The standard InChI is InChI=1S/C16H20N2O3/c1-2-18-9-12-7-14-15(21-11-20-14)8-13(12)19-10-16(3-4-16)5-6-17/h7-8,18H,2-5,9-11H2,1H3. The maximum absolute atomic E-state index is 8.88. The molecule has 0 spiro atoms. The molecule has 5 nitrogen and oxygen atoms in total. The Balaban J connectivity index is 1.74. The molecule has 1 saturated carbocycles. The highest BCUT2D eigenvalue weighted by molar-refractivity contribution is 5.51. The van der Waals surface area contributed by atoms with E-state index < -0.39 is 0 Å². The Kier molecular flexibility index (Phi) is 3.89. The van der Waals surface area contributed by atoms with Crippen LogP contribution in [0.15, 0.2) is 12.1 Å². The number of fused-ring (bicyclic) bond motifs is 1. The van der Waals surface area contributed by atoms with Crippen LogP contribution in [0.1, 0.15) is 31.7 Å². The number of nitrogens with one attached hydrogen (secondary N) is 1. The van der Waals surface area contributed by atoms with Gasteiger partial charge in [0.1, 0.15) is 5.75 Å². The summed E-state index contributed by atoms with van der Waals surface area (Å²) in [4.78, 5) is 0. The van der Waals surface area contributed by atoms with E-state index in [1.165, 1.54) is 0 Å². The molecule has 0 amide bonds. The van der Waals surface area contributed by atoms with Gasteiger partial charge in [-0.3, -0.25) is 0 Å². The molecule has 1 aliphatic carbocycles. The van der Waals surface area contributed by atoms with E-state index in [1.807, 2.05) is 12.1 Å². The smallest absolute Gasteiger partial charge is 0.231 e. The minimum Gasteiger partial charge on any atom is -0.492 e. The van der Waals surface area contributed by atoms with Crippen molar-refractivity contribution < 1.29 is 14.2 Å². The highest BCUT2D eigenvalue weighted by Gasteiger charge is 2.43. The molecule has 5 heteroatoms. The van der Waals surface area contributed by atoms with E-state index in [1.54, 1.807) is 0 Å². The zero-order chi connectivity index (χ0) is 14.7. The monoisotopic (exact) mass is 288 g/mol. The molecule has 0 radical (unpaired) electrons. The van der Waals surface area contributed by atoms with Gasteiger partial charge in [0.2, 0.25) is 6.79 Å². The summed E-state index contributed by atoms with van der Waals surface area (Å²) in [6.07, 6.45) is 2.72. The van der Waals surface area contributed by atoms with Gasteiger partial charge in [-0.1, -0.05) is 6.92 Å². The van der Waals surface area contributed by atoms with Crippen LogP contribution in [0, 0.1) is 16.7 Å². The molecule has 1 heterocycles. The lowest BCUT2D eigenvalue weighted by atomic mass is 10.1. The quantitative estimate of drug-likeness (QED) is 0.835. The number of rotatable bonds is 7. The van der Waals surface area contributed by atoms with Crippen LogP contribution in [0.3, 0.4) is 0 Å². The van der Waals surface area contributed by atoms with Crippen LogP contribution in [0.25, 0.3) is 0 Å². The highest BCUT2D eigenvalue weighted by atomic mass is 16.7. The van der Waals surface area contributed by atoms with Crippen molar-refractivity contribution in [2.75, 3.05) is 19.9 Å². The van der Waals surface area contributed by atoms with Crippen molar-refractivity contribution in [3.63, 3.8) is 0 Å². The fourth-order valence-corrected chi connectivity index (χ4v) is 2.45. The minimum atomic E-state index is 0.0700. The number of hydrogen-bond acceptors (Lipinski definition) is 5. The third-order valence-corrected chi connectivity index (χ3v) is 4.07. The fourth-order valence-electron chi connectivity index (χ4n) is 2.45. The molecule has 21 heavy (non-hydrogen) atoms. The Labute approximate surface area is 124 Å². The van der Waals surface area contributed by atoms with Gasteiger partial charge in [-0.15, -0.1) is 0 Å². The lowest BCUT2D eigenvalue weighted by Crippen LogP contribution is -2.16. The van der Waals surface area contributed by atoms with E-state index in [-0.39, 0.29) is 12.2 Å². The molecule has 1 aromatic rings. The van der Waals surface area contributed by atoms with Crippen LogP contribution in [0.4, 0.5) is 0 Å². The molecule has 0 atom stereocenters. The number of benzene rings is 1. The Morgan fingerprint density at radius 1 is 1.33 bits per heavy atom. The van der Waals surface area contributed by atoms with Crippen molar-refractivity contribution in [1.82, 2.24) is 5.32 Å². The number of hydrogen-bond donors (Lipinski definition) is 1. The minimum absolute atomic E-state index is 0.0700. The van der Waals surface area contributed by atoms with Gasteiger partial charge in [-0.25, -0.2) is 0 Å². The van der Waals surface area contributed by atoms with Gasteiger partial charge in [-0.2, -0.15) is 5.26 Å². The number of nitrogens with zero attached hydrogens (tertiary/aromatic N) is 1. The predicted octanol–water partition coefficient (Wildman–Crippen LogP) is 2.60. The van der Waals surface area contributed by atoms with E-state index in [0.29, 0.717) is 13.0 Å². The van der Waals surface area contributed by atoms with Crippen LogP contribution >= 0.6 is 0 Å². The molecule has 0 saturated heterocycles. The van der Waals surface area contributed by atoms with Crippen molar-refractivity contribution in [3.8, 4) is 23.3 Å². The predicted molar refractivity (Wildman–Crippen MR) is 77.3 cm³/mol. The van der Waals surface area contributed by atoms with Crippen molar-refractivity contribution >= 4 is 0 Å². The Morgan fingerprint density at radius 2 is 2.10 bits per heavy atom. The molecule has 112 valence electrons. The van der Waals surface area contributed by atoms with Gasteiger partial charge in [0.25, 0.3) is 0 Å². The third kappa shape index (κ3) is 3.06. The van der Waals surface area contributed by atoms with Crippen molar-refractivity contribution in [1.29, 1.82) is 5.26 Å². The Morgan fingerprint density at radius 3 is 2.76 bits per heavy atom. The molecule has 1 aromatic carbocycles. The average Bonchev–Trinajstić information content (AvgIpc) is 3.10.